The van der Waals surface area contributed by atoms with E-state index >= 15 is 0 Å². The largest absolute Gasteiger partial charge is 0.460 e. The molecular weight excluding hydrogens is 284 g/mol. The lowest BCUT2D eigenvalue weighted by Crippen LogP contribution is -2.55. The van der Waals surface area contributed by atoms with Gasteiger partial charge in [0.25, 0.3) is 0 Å². The third-order valence-corrected chi connectivity index (χ3v) is 5.01. The quantitative estimate of drug-likeness (QED) is 0.581. The second-order valence-corrected chi connectivity index (χ2v) is 7.17. The molecule has 6 atom stereocenters. The maximum absolute atomic E-state index is 12.1. The van der Waals surface area contributed by atoms with Crippen LogP contribution in [-0.4, -0.2) is 22.7 Å². The third kappa shape index (κ3) is 1.85. The van der Waals surface area contributed by atoms with Crippen molar-refractivity contribution in [2.75, 3.05) is 0 Å². The fourth-order valence-corrected chi connectivity index (χ4v) is 4.09. The molecule has 6 unspecified atom stereocenters. The number of hydrogen-bond donors (Lipinski definition) is 0. The molecule has 0 aromatic rings. The predicted molar refractivity (Wildman–Crippen MR) is 65.7 cm³/mol. The molecule has 3 nitrogen and oxygen atoms in total. The van der Waals surface area contributed by atoms with Gasteiger partial charge < -0.3 is 4.74 Å². The van der Waals surface area contributed by atoms with Crippen LogP contribution in [0.2, 0.25) is 0 Å². The molecule has 0 aromatic heterocycles. The zero-order valence-electron chi connectivity index (χ0n) is 9.90. The first kappa shape index (κ1) is 11.7. The Kier molecular flexibility index (Phi) is 2.80. The van der Waals surface area contributed by atoms with Crippen molar-refractivity contribution in [3.05, 3.63) is 0 Å². The van der Waals surface area contributed by atoms with Gasteiger partial charge in [-0.1, -0.05) is 15.9 Å². The summed E-state index contributed by atoms with van der Waals surface area (Å²) in [7, 11) is 0. The molecule has 4 aliphatic rings. The van der Waals surface area contributed by atoms with E-state index in [9.17, 15) is 9.59 Å². The van der Waals surface area contributed by atoms with Gasteiger partial charge in [-0.3, -0.25) is 9.59 Å². The van der Waals surface area contributed by atoms with E-state index in [1.165, 1.54) is 0 Å². The SMILES string of the molecule is CC(Br)C(=O)OC1C2CC3CC(C2)C(=O)C1C3. The van der Waals surface area contributed by atoms with Crippen LogP contribution in [0.3, 0.4) is 0 Å². The molecule has 0 aliphatic heterocycles. The van der Waals surface area contributed by atoms with Crippen LogP contribution in [-0.2, 0) is 14.3 Å². The molecular formula is C13H17BrO3. The summed E-state index contributed by atoms with van der Waals surface area (Å²) < 4.78 is 5.55. The third-order valence-electron chi connectivity index (χ3n) is 4.63. The standard InChI is InChI=1S/C13H17BrO3/c1-6(14)13(16)17-12-9-3-7-2-8(5-9)11(15)10(12)4-7/h6-10,12H,2-5H2,1H3. The zero-order valence-corrected chi connectivity index (χ0v) is 11.5. The summed E-state index contributed by atoms with van der Waals surface area (Å²) in [5, 5.41) is 0. The van der Waals surface area contributed by atoms with Crippen molar-refractivity contribution in [1.29, 1.82) is 0 Å². The van der Waals surface area contributed by atoms with Crippen molar-refractivity contribution in [3.63, 3.8) is 0 Å². The molecule has 94 valence electrons. The monoisotopic (exact) mass is 300 g/mol. The van der Waals surface area contributed by atoms with Crippen molar-refractivity contribution >= 4 is 27.7 Å². The van der Waals surface area contributed by atoms with Gasteiger partial charge in [0.2, 0.25) is 0 Å². The number of Topliss-reactive ketones (excluding diaryl/α,β-unsaturated/α-hetero) is 1. The molecule has 0 N–H and O–H groups in total. The summed E-state index contributed by atoms with van der Waals surface area (Å²) in [4.78, 5) is 23.5. The summed E-state index contributed by atoms with van der Waals surface area (Å²) in [6.45, 7) is 1.76. The van der Waals surface area contributed by atoms with Crippen LogP contribution in [0.4, 0.5) is 0 Å². The molecule has 0 spiro atoms. The molecule has 0 heterocycles. The van der Waals surface area contributed by atoms with Crippen molar-refractivity contribution in [1.82, 2.24) is 0 Å². The first-order valence-corrected chi connectivity index (χ1v) is 7.36. The number of esters is 1. The van der Waals surface area contributed by atoms with Crippen LogP contribution in [0, 0.1) is 23.7 Å². The highest BCUT2D eigenvalue weighted by molar-refractivity contribution is 9.10. The normalized spacial score (nSPS) is 44.8. The lowest BCUT2D eigenvalue weighted by Gasteiger charge is -2.52. The number of ketones is 1. The highest BCUT2D eigenvalue weighted by atomic mass is 79.9. The van der Waals surface area contributed by atoms with Crippen LogP contribution >= 0.6 is 15.9 Å². The van der Waals surface area contributed by atoms with Gasteiger partial charge >= 0.3 is 5.97 Å². The molecule has 0 radical (unpaired) electrons. The van der Waals surface area contributed by atoms with E-state index < -0.39 is 0 Å². The number of alkyl halides is 1. The van der Waals surface area contributed by atoms with E-state index in [-0.39, 0.29) is 28.7 Å². The van der Waals surface area contributed by atoms with E-state index in [0.29, 0.717) is 17.6 Å². The average molecular weight is 301 g/mol. The lowest BCUT2D eigenvalue weighted by molar-refractivity contribution is -0.174. The van der Waals surface area contributed by atoms with Gasteiger partial charge in [-0.2, -0.15) is 0 Å². The molecule has 0 amide bonds. The molecule has 4 aliphatic carbocycles. The van der Waals surface area contributed by atoms with Gasteiger partial charge in [0.15, 0.2) is 0 Å². The number of carbonyl (C=O) groups excluding carboxylic acids is 2. The number of ether oxygens (including phenoxy) is 1. The number of halogens is 1. The lowest BCUT2D eigenvalue weighted by atomic mass is 9.54. The van der Waals surface area contributed by atoms with Crippen LogP contribution in [0.15, 0.2) is 0 Å². The maximum Gasteiger partial charge on any atom is 0.319 e. The topological polar surface area (TPSA) is 43.4 Å². The van der Waals surface area contributed by atoms with Crippen molar-refractivity contribution in [2.45, 2.75) is 43.5 Å². The van der Waals surface area contributed by atoms with Crippen LogP contribution < -0.4 is 0 Å². The van der Waals surface area contributed by atoms with E-state index in [0.717, 1.165) is 25.7 Å². The highest BCUT2D eigenvalue weighted by Crippen LogP contribution is 2.53. The Hall–Kier alpha value is -0.380. The van der Waals surface area contributed by atoms with Gasteiger partial charge in [0, 0.05) is 5.92 Å². The number of hydrogen-bond acceptors (Lipinski definition) is 3. The second kappa shape index (κ2) is 4.08. The van der Waals surface area contributed by atoms with Gasteiger partial charge in [0.05, 0.1) is 5.92 Å². The Labute approximate surface area is 109 Å². The molecule has 4 fully saturated rings. The van der Waals surface area contributed by atoms with E-state index in [4.69, 9.17) is 4.74 Å². The molecule has 0 saturated heterocycles. The fourth-order valence-electron chi connectivity index (χ4n) is 3.99. The summed E-state index contributed by atoms with van der Waals surface area (Å²) >= 11 is 3.22. The molecule has 0 aromatic carbocycles. The Bertz CT molecular complexity index is 366. The Balaban J connectivity index is 1.77. The Morgan fingerprint density at radius 1 is 1.35 bits per heavy atom. The Morgan fingerprint density at radius 3 is 2.82 bits per heavy atom. The summed E-state index contributed by atoms with van der Waals surface area (Å²) in [5.41, 5.74) is 0. The second-order valence-electron chi connectivity index (χ2n) is 5.79. The number of rotatable bonds is 2. The van der Waals surface area contributed by atoms with Crippen LogP contribution in [0.5, 0.6) is 0 Å². The Morgan fingerprint density at radius 2 is 2.12 bits per heavy atom. The molecule has 17 heavy (non-hydrogen) atoms. The van der Waals surface area contributed by atoms with Gasteiger partial charge in [0.1, 0.15) is 16.7 Å². The minimum Gasteiger partial charge on any atom is -0.460 e. The van der Waals surface area contributed by atoms with E-state index in [1.807, 2.05) is 0 Å². The fraction of sp³-hybridized carbons (Fsp3) is 0.846. The molecule has 4 saturated carbocycles. The molecule has 4 rings (SSSR count). The highest BCUT2D eigenvalue weighted by Gasteiger charge is 2.54. The minimum absolute atomic E-state index is 0.00134. The first-order valence-electron chi connectivity index (χ1n) is 6.44. The van der Waals surface area contributed by atoms with E-state index in [1.54, 1.807) is 6.92 Å². The van der Waals surface area contributed by atoms with Crippen LogP contribution in [0.1, 0.15) is 32.6 Å². The van der Waals surface area contributed by atoms with Gasteiger partial charge in [-0.15, -0.1) is 0 Å². The predicted octanol–water partition coefficient (Wildman–Crippen LogP) is 2.32. The first-order chi connectivity index (χ1) is 8.06. The van der Waals surface area contributed by atoms with Crippen molar-refractivity contribution in [3.8, 4) is 0 Å². The van der Waals surface area contributed by atoms with Crippen LogP contribution in [0.25, 0.3) is 0 Å². The summed E-state index contributed by atoms with van der Waals surface area (Å²) in [5.74, 6) is 1.55. The molecule has 4 heteroatoms. The van der Waals surface area contributed by atoms with Gasteiger partial charge in [-0.05, 0) is 44.4 Å². The zero-order chi connectivity index (χ0) is 12.2. The van der Waals surface area contributed by atoms with Crippen molar-refractivity contribution in [2.24, 2.45) is 23.7 Å². The summed E-state index contributed by atoms with van der Waals surface area (Å²) in [6.07, 6.45) is 3.99. The average Bonchev–Trinajstić information content (AvgIpc) is 2.28. The summed E-state index contributed by atoms with van der Waals surface area (Å²) in [6, 6.07) is 0. The van der Waals surface area contributed by atoms with Gasteiger partial charge in [-0.25, -0.2) is 0 Å². The minimum atomic E-state index is -0.283. The van der Waals surface area contributed by atoms with E-state index in [2.05, 4.69) is 15.9 Å². The smallest absolute Gasteiger partial charge is 0.319 e. The number of carbonyl (C=O) groups is 2. The van der Waals surface area contributed by atoms with Crippen molar-refractivity contribution < 1.29 is 14.3 Å². The maximum atomic E-state index is 12.1. The molecule has 4 bridgehead atoms.